The second-order valence-electron chi connectivity index (χ2n) is 5.63. The van der Waals surface area contributed by atoms with Gasteiger partial charge in [-0.15, -0.1) is 11.3 Å². The summed E-state index contributed by atoms with van der Waals surface area (Å²) in [7, 11) is 0. The molecule has 2 saturated heterocycles. The Morgan fingerprint density at radius 1 is 1.47 bits per heavy atom. The summed E-state index contributed by atoms with van der Waals surface area (Å²) in [5.74, 6) is 2.69. The molecule has 2 aliphatic rings. The van der Waals surface area contributed by atoms with E-state index < -0.39 is 6.10 Å². The van der Waals surface area contributed by atoms with E-state index in [1.165, 1.54) is 11.5 Å². The number of nitrogens with zero attached hydrogens (tertiary/aromatic N) is 1. The first-order valence-electron chi connectivity index (χ1n) is 7.00. The van der Waals surface area contributed by atoms with Crippen LogP contribution < -0.4 is 0 Å². The SMILES string of the molecule is Cc1nc(C(O)C2CCOC3(CCSCC3)C2)cs1. The van der Waals surface area contributed by atoms with Gasteiger partial charge in [-0.3, -0.25) is 0 Å². The zero-order chi connectivity index (χ0) is 13.3. The molecule has 5 heteroatoms. The highest BCUT2D eigenvalue weighted by Crippen LogP contribution is 2.43. The van der Waals surface area contributed by atoms with Crippen molar-refractivity contribution >= 4 is 23.1 Å². The quantitative estimate of drug-likeness (QED) is 0.911. The van der Waals surface area contributed by atoms with Crippen LogP contribution in [0.1, 0.15) is 42.5 Å². The minimum Gasteiger partial charge on any atom is -0.386 e. The van der Waals surface area contributed by atoms with Crippen molar-refractivity contribution in [3.8, 4) is 0 Å². The Morgan fingerprint density at radius 2 is 2.26 bits per heavy atom. The Kier molecular flexibility index (Phi) is 4.17. The van der Waals surface area contributed by atoms with Crippen molar-refractivity contribution in [2.45, 2.75) is 44.3 Å². The number of aromatic nitrogens is 1. The van der Waals surface area contributed by atoms with E-state index in [0.717, 1.165) is 43.0 Å². The van der Waals surface area contributed by atoms with Crippen LogP contribution in [0.3, 0.4) is 0 Å². The summed E-state index contributed by atoms with van der Waals surface area (Å²) in [6.07, 6.45) is 3.80. The first kappa shape index (κ1) is 13.9. The van der Waals surface area contributed by atoms with Gasteiger partial charge in [-0.05, 0) is 50.0 Å². The molecule has 0 aromatic carbocycles. The summed E-state index contributed by atoms with van der Waals surface area (Å²) < 4.78 is 6.09. The van der Waals surface area contributed by atoms with Crippen LogP contribution in [0.5, 0.6) is 0 Å². The molecule has 1 spiro atoms. The van der Waals surface area contributed by atoms with E-state index in [2.05, 4.69) is 4.98 Å². The van der Waals surface area contributed by atoms with Crippen LogP contribution in [0.2, 0.25) is 0 Å². The number of thioether (sulfide) groups is 1. The summed E-state index contributed by atoms with van der Waals surface area (Å²) in [5.41, 5.74) is 0.898. The first-order valence-corrected chi connectivity index (χ1v) is 9.04. The second kappa shape index (κ2) is 5.72. The number of hydrogen-bond acceptors (Lipinski definition) is 5. The van der Waals surface area contributed by atoms with Crippen LogP contribution in [0.4, 0.5) is 0 Å². The van der Waals surface area contributed by atoms with Gasteiger partial charge >= 0.3 is 0 Å². The fourth-order valence-corrected chi connectivity index (χ4v) is 5.06. The maximum Gasteiger partial charge on any atom is 0.0998 e. The predicted molar refractivity (Wildman–Crippen MR) is 79.8 cm³/mol. The van der Waals surface area contributed by atoms with Crippen molar-refractivity contribution in [2.75, 3.05) is 18.1 Å². The maximum absolute atomic E-state index is 10.6. The summed E-state index contributed by atoms with van der Waals surface area (Å²) in [4.78, 5) is 4.44. The Bertz CT molecular complexity index is 423. The second-order valence-corrected chi connectivity index (χ2v) is 7.92. The number of ether oxygens (including phenoxy) is 1. The molecule has 0 amide bonds. The molecular weight excluding hydrogens is 278 g/mol. The van der Waals surface area contributed by atoms with Gasteiger partial charge < -0.3 is 9.84 Å². The largest absolute Gasteiger partial charge is 0.386 e. The zero-order valence-corrected chi connectivity index (χ0v) is 12.9. The van der Waals surface area contributed by atoms with E-state index in [0.29, 0.717) is 5.92 Å². The predicted octanol–water partition coefficient (Wildman–Crippen LogP) is 3.18. The fraction of sp³-hybridized carbons (Fsp3) is 0.786. The van der Waals surface area contributed by atoms with Gasteiger partial charge in [-0.25, -0.2) is 4.98 Å². The van der Waals surface area contributed by atoms with E-state index in [1.807, 2.05) is 24.1 Å². The lowest BCUT2D eigenvalue weighted by Crippen LogP contribution is -2.44. The average molecular weight is 299 g/mol. The number of aryl methyl sites for hydroxylation is 1. The van der Waals surface area contributed by atoms with Crippen LogP contribution in [0, 0.1) is 12.8 Å². The zero-order valence-electron chi connectivity index (χ0n) is 11.3. The molecule has 3 heterocycles. The highest BCUT2D eigenvalue weighted by atomic mass is 32.2. The van der Waals surface area contributed by atoms with Gasteiger partial charge in [0.25, 0.3) is 0 Å². The molecule has 0 bridgehead atoms. The molecule has 2 unspecified atom stereocenters. The standard InChI is InChI=1S/C14H21NO2S2/c1-10-15-12(9-19-10)13(16)11-2-5-17-14(8-11)3-6-18-7-4-14/h9,11,13,16H,2-8H2,1H3. The molecule has 0 radical (unpaired) electrons. The number of aliphatic hydroxyl groups excluding tert-OH is 1. The van der Waals surface area contributed by atoms with Crippen LogP contribution in [-0.2, 0) is 4.74 Å². The van der Waals surface area contributed by atoms with Crippen LogP contribution in [0.25, 0.3) is 0 Å². The Labute approximate surface area is 122 Å². The van der Waals surface area contributed by atoms with Gasteiger partial charge in [0.15, 0.2) is 0 Å². The van der Waals surface area contributed by atoms with Crippen molar-refractivity contribution in [3.63, 3.8) is 0 Å². The normalized spacial score (nSPS) is 28.4. The van der Waals surface area contributed by atoms with Crippen molar-refractivity contribution in [3.05, 3.63) is 16.1 Å². The monoisotopic (exact) mass is 299 g/mol. The first-order chi connectivity index (χ1) is 9.19. The van der Waals surface area contributed by atoms with Crippen LogP contribution in [-0.4, -0.2) is 33.8 Å². The molecule has 19 heavy (non-hydrogen) atoms. The summed E-state index contributed by atoms with van der Waals surface area (Å²) in [5, 5.41) is 13.6. The van der Waals surface area contributed by atoms with Crippen molar-refractivity contribution < 1.29 is 9.84 Å². The molecular formula is C14H21NO2S2. The third-order valence-electron chi connectivity index (χ3n) is 4.32. The fourth-order valence-electron chi connectivity index (χ4n) is 3.18. The van der Waals surface area contributed by atoms with Gasteiger partial charge in [0.05, 0.1) is 22.4 Å². The molecule has 106 valence electrons. The lowest BCUT2D eigenvalue weighted by atomic mass is 9.79. The van der Waals surface area contributed by atoms with Crippen molar-refractivity contribution in [1.82, 2.24) is 4.98 Å². The summed E-state index contributed by atoms with van der Waals surface area (Å²) in [6.45, 7) is 2.78. The average Bonchev–Trinajstić information content (AvgIpc) is 2.85. The van der Waals surface area contributed by atoms with E-state index in [1.54, 1.807) is 11.3 Å². The van der Waals surface area contributed by atoms with E-state index in [-0.39, 0.29) is 5.60 Å². The third kappa shape index (κ3) is 2.99. The molecule has 1 aromatic rings. The van der Waals surface area contributed by atoms with Gasteiger partial charge in [0.1, 0.15) is 0 Å². The molecule has 2 aliphatic heterocycles. The molecule has 1 N–H and O–H groups in total. The smallest absolute Gasteiger partial charge is 0.0998 e. The molecule has 3 rings (SSSR count). The van der Waals surface area contributed by atoms with Gasteiger partial charge in [0.2, 0.25) is 0 Å². The molecule has 2 atom stereocenters. The minimum atomic E-state index is -0.416. The number of thiazole rings is 1. The summed E-state index contributed by atoms with van der Waals surface area (Å²) in [6, 6.07) is 0. The lowest BCUT2D eigenvalue weighted by molar-refractivity contribution is -0.121. The number of rotatable bonds is 2. The third-order valence-corrected chi connectivity index (χ3v) is 6.10. The molecule has 3 nitrogen and oxygen atoms in total. The summed E-state index contributed by atoms with van der Waals surface area (Å²) >= 11 is 3.64. The van der Waals surface area contributed by atoms with Gasteiger partial charge in [0, 0.05) is 12.0 Å². The number of hydrogen-bond donors (Lipinski definition) is 1. The van der Waals surface area contributed by atoms with Crippen LogP contribution >= 0.6 is 23.1 Å². The van der Waals surface area contributed by atoms with E-state index in [4.69, 9.17) is 4.74 Å². The van der Waals surface area contributed by atoms with Gasteiger partial charge in [-0.2, -0.15) is 11.8 Å². The lowest BCUT2D eigenvalue weighted by Gasteiger charge is -2.44. The topological polar surface area (TPSA) is 42.4 Å². The maximum atomic E-state index is 10.6. The Morgan fingerprint density at radius 3 is 2.95 bits per heavy atom. The highest BCUT2D eigenvalue weighted by molar-refractivity contribution is 7.99. The molecule has 0 saturated carbocycles. The van der Waals surface area contributed by atoms with Crippen LogP contribution in [0.15, 0.2) is 5.38 Å². The number of aliphatic hydroxyl groups is 1. The van der Waals surface area contributed by atoms with Crippen molar-refractivity contribution in [2.24, 2.45) is 5.92 Å². The van der Waals surface area contributed by atoms with E-state index >= 15 is 0 Å². The molecule has 0 aliphatic carbocycles. The van der Waals surface area contributed by atoms with Crippen molar-refractivity contribution in [1.29, 1.82) is 0 Å². The minimum absolute atomic E-state index is 0.0419. The van der Waals surface area contributed by atoms with Gasteiger partial charge in [-0.1, -0.05) is 0 Å². The Balaban J connectivity index is 1.70. The molecule has 1 aromatic heterocycles. The molecule has 2 fully saturated rings. The Hall–Kier alpha value is -0.100. The van der Waals surface area contributed by atoms with E-state index in [9.17, 15) is 5.11 Å². The highest BCUT2D eigenvalue weighted by Gasteiger charge is 2.41.